The SMILES string of the molecule is CC(=O)N1CCC[C@@H]1[C@H]1CCCN1[C@@H](C)c1ccc(F)c(F)c1. The van der Waals surface area contributed by atoms with Crippen molar-refractivity contribution in [2.45, 2.75) is 57.7 Å². The summed E-state index contributed by atoms with van der Waals surface area (Å²) in [7, 11) is 0. The Balaban J connectivity index is 1.80. The Labute approximate surface area is 136 Å². The molecule has 3 rings (SSSR count). The fourth-order valence-corrected chi connectivity index (χ4v) is 4.26. The van der Waals surface area contributed by atoms with E-state index >= 15 is 0 Å². The number of rotatable bonds is 3. The van der Waals surface area contributed by atoms with Gasteiger partial charge in [0.15, 0.2) is 11.6 Å². The minimum Gasteiger partial charge on any atom is -0.338 e. The molecule has 3 nitrogen and oxygen atoms in total. The van der Waals surface area contributed by atoms with Crippen molar-refractivity contribution in [3.05, 3.63) is 35.4 Å². The lowest BCUT2D eigenvalue weighted by molar-refractivity contribution is -0.130. The molecule has 0 bridgehead atoms. The molecule has 2 aliphatic rings. The molecule has 126 valence electrons. The van der Waals surface area contributed by atoms with Crippen LogP contribution in [0.5, 0.6) is 0 Å². The molecule has 0 aliphatic carbocycles. The van der Waals surface area contributed by atoms with Crippen LogP contribution in [0.25, 0.3) is 0 Å². The molecule has 0 unspecified atom stereocenters. The van der Waals surface area contributed by atoms with Gasteiger partial charge in [-0.25, -0.2) is 8.78 Å². The first-order chi connectivity index (χ1) is 11.0. The highest BCUT2D eigenvalue weighted by molar-refractivity contribution is 5.74. The van der Waals surface area contributed by atoms with E-state index in [4.69, 9.17) is 0 Å². The number of carbonyl (C=O) groups is 1. The average Bonchev–Trinajstić information content (AvgIpc) is 3.16. The van der Waals surface area contributed by atoms with Crippen molar-refractivity contribution in [3.63, 3.8) is 0 Å². The molecule has 1 aromatic carbocycles. The van der Waals surface area contributed by atoms with Gasteiger partial charge in [0.25, 0.3) is 0 Å². The van der Waals surface area contributed by atoms with Crippen LogP contribution in [0.1, 0.15) is 51.1 Å². The van der Waals surface area contributed by atoms with E-state index < -0.39 is 11.6 Å². The molecule has 5 heteroatoms. The van der Waals surface area contributed by atoms with Crippen LogP contribution in [0.15, 0.2) is 18.2 Å². The van der Waals surface area contributed by atoms with Gasteiger partial charge in [0.1, 0.15) is 0 Å². The van der Waals surface area contributed by atoms with Gasteiger partial charge in [-0.2, -0.15) is 0 Å². The molecule has 3 atom stereocenters. The zero-order valence-corrected chi connectivity index (χ0v) is 13.8. The first kappa shape index (κ1) is 16.4. The maximum atomic E-state index is 13.5. The lowest BCUT2D eigenvalue weighted by atomic mass is 9.99. The van der Waals surface area contributed by atoms with E-state index in [9.17, 15) is 13.6 Å². The molecule has 2 saturated heterocycles. The monoisotopic (exact) mass is 322 g/mol. The molecular formula is C18H24F2N2O. The number of hydrogen-bond donors (Lipinski definition) is 0. The largest absolute Gasteiger partial charge is 0.338 e. The number of likely N-dealkylation sites (tertiary alicyclic amines) is 2. The van der Waals surface area contributed by atoms with Crippen molar-refractivity contribution < 1.29 is 13.6 Å². The molecular weight excluding hydrogens is 298 g/mol. The number of nitrogens with zero attached hydrogens (tertiary/aromatic N) is 2. The third-order valence-electron chi connectivity index (χ3n) is 5.41. The smallest absolute Gasteiger partial charge is 0.219 e. The van der Waals surface area contributed by atoms with Crippen molar-refractivity contribution in [2.75, 3.05) is 13.1 Å². The van der Waals surface area contributed by atoms with Gasteiger partial charge in [-0.15, -0.1) is 0 Å². The molecule has 0 radical (unpaired) electrons. The fourth-order valence-electron chi connectivity index (χ4n) is 4.26. The lowest BCUT2D eigenvalue weighted by Crippen LogP contribution is -2.48. The Morgan fingerprint density at radius 1 is 1.13 bits per heavy atom. The molecule has 0 N–H and O–H groups in total. The second kappa shape index (κ2) is 6.56. The van der Waals surface area contributed by atoms with E-state index in [0.29, 0.717) is 6.04 Å². The predicted octanol–water partition coefficient (Wildman–Crippen LogP) is 3.50. The highest BCUT2D eigenvalue weighted by Gasteiger charge is 2.40. The van der Waals surface area contributed by atoms with E-state index in [0.717, 1.165) is 44.3 Å². The van der Waals surface area contributed by atoms with Crippen molar-refractivity contribution in [1.82, 2.24) is 9.80 Å². The quantitative estimate of drug-likeness (QED) is 0.850. The summed E-state index contributed by atoms with van der Waals surface area (Å²) in [6, 6.07) is 4.74. The molecule has 0 aromatic heterocycles. The zero-order chi connectivity index (χ0) is 16.6. The molecule has 1 amide bonds. The molecule has 23 heavy (non-hydrogen) atoms. The van der Waals surface area contributed by atoms with E-state index in [2.05, 4.69) is 4.90 Å². The van der Waals surface area contributed by atoms with Crippen molar-refractivity contribution >= 4 is 5.91 Å². The van der Waals surface area contributed by atoms with Gasteiger partial charge < -0.3 is 4.90 Å². The van der Waals surface area contributed by atoms with Crippen molar-refractivity contribution in [3.8, 4) is 0 Å². The van der Waals surface area contributed by atoms with Gasteiger partial charge in [-0.1, -0.05) is 6.07 Å². The molecule has 2 aliphatic heterocycles. The molecule has 0 spiro atoms. The highest BCUT2D eigenvalue weighted by atomic mass is 19.2. The van der Waals surface area contributed by atoms with Gasteiger partial charge in [-0.05, 0) is 56.8 Å². The summed E-state index contributed by atoms with van der Waals surface area (Å²) in [5.74, 6) is -1.46. The van der Waals surface area contributed by atoms with Crippen LogP contribution in [0.4, 0.5) is 8.78 Å². The minimum absolute atomic E-state index is 0.0204. The summed E-state index contributed by atoms with van der Waals surface area (Å²) in [6.07, 6.45) is 4.22. The van der Waals surface area contributed by atoms with Crippen LogP contribution in [0.2, 0.25) is 0 Å². The van der Waals surface area contributed by atoms with Crippen molar-refractivity contribution in [1.29, 1.82) is 0 Å². The Morgan fingerprint density at radius 2 is 1.83 bits per heavy atom. The standard InChI is InChI=1S/C18H24F2N2O/c1-12(14-7-8-15(19)16(20)11-14)21-9-3-5-17(21)18-6-4-10-22(18)13(2)23/h7-8,11-12,17-18H,3-6,9-10H2,1-2H3/t12-,17+,18+/m0/s1. The topological polar surface area (TPSA) is 23.6 Å². The Hall–Kier alpha value is -1.49. The first-order valence-corrected chi connectivity index (χ1v) is 8.47. The normalized spacial score (nSPS) is 26.7. The van der Waals surface area contributed by atoms with Crippen LogP contribution in [-0.4, -0.2) is 40.9 Å². The van der Waals surface area contributed by atoms with Crippen LogP contribution in [0.3, 0.4) is 0 Å². The lowest BCUT2D eigenvalue weighted by Gasteiger charge is -2.38. The summed E-state index contributed by atoms with van der Waals surface area (Å²) in [5, 5.41) is 0. The second-order valence-corrected chi connectivity index (χ2v) is 6.72. The van der Waals surface area contributed by atoms with Crippen LogP contribution in [0, 0.1) is 11.6 Å². The molecule has 2 heterocycles. The van der Waals surface area contributed by atoms with Gasteiger partial charge >= 0.3 is 0 Å². The number of carbonyl (C=O) groups excluding carboxylic acids is 1. The third-order valence-corrected chi connectivity index (χ3v) is 5.41. The van der Waals surface area contributed by atoms with Gasteiger partial charge in [-0.3, -0.25) is 9.69 Å². The van der Waals surface area contributed by atoms with E-state index in [1.807, 2.05) is 11.8 Å². The van der Waals surface area contributed by atoms with E-state index in [1.165, 1.54) is 12.1 Å². The Bertz CT molecular complexity index is 592. The predicted molar refractivity (Wildman–Crippen MR) is 84.9 cm³/mol. The number of benzene rings is 1. The number of halogens is 2. The van der Waals surface area contributed by atoms with Crippen LogP contribution >= 0.6 is 0 Å². The minimum atomic E-state index is -0.808. The van der Waals surface area contributed by atoms with Gasteiger partial charge in [0.05, 0.1) is 0 Å². The summed E-state index contributed by atoms with van der Waals surface area (Å²) in [5.41, 5.74) is 0.795. The average molecular weight is 322 g/mol. The Kier molecular flexibility index (Phi) is 4.67. The highest BCUT2D eigenvalue weighted by Crippen LogP contribution is 2.35. The molecule has 2 fully saturated rings. The second-order valence-electron chi connectivity index (χ2n) is 6.72. The summed E-state index contributed by atoms with van der Waals surface area (Å²) < 4.78 is 26.7. The third kappa shape index (κ3) is 3.11. The van der Waals surface area contributed by atoms with E-state index in [-0.39, 0.29) is 18.0 Å². The molecule has 0 saturated carbocycles. The maximum Gasteiger partial charge on any atom is 0.219 e. The fraction of sp³-hybridized carbons (Fsp3) is 0.611. The van der Waals surface area contributed by atoms with Crippen molar-refractivity contribution in [2.24, 2.45) is 0 Å². The Morgan fingerprint density at radius 3 is 2.52 bits per heavy atom. The maximum absolute atomic E-state index is 13.5. The summed E-state index contributed by atoms with van der Waals surface area (Å²) in [6.45, 7) is 5.45. The first-order valence-electron chi connectivity index (χ1n) is 8.47. The molecule has 1 aromatic rings. The van der Waals surface area contributed by atoms with Gasteiger partial charge in [0.2, 0.25) is 5.91 Å². The van der Waals surface area contributed by atoms with Crippen LogP contribution < -0.4 is 0 Å². The number of amides is 1. The van der Waals surface area contributed by atoms with Gasteiger partial charge in [0, 0.05) is 31.6 Å². The summed E-state index contributed by atoms with van der Waals surface area (Å²) in [4.78, 5) is 16.2. The summed E-state index contributed by atoms with van der Waals surface area (Å²) >= 11 is 0. The number of hydrogen-bond acceptors (Lipinski definition) is 2. The zero-order valence-electron chi connectivity index (χ0n) is 13.8. The van der Waals surface area contributed by atoms with E-state index in [1.54, 1.807) is 13.0 Å². The van der Waals surface area contributed by atoms with Crippen LogP contribution in [-0.2, 0) is 4.79 Å².